The van der Waals surface area contributed by atoms with E-state index in [0.29, 0.717) is 19.3 Å². The van der Waals surface area contributed by atoms with Crippen molar-refractivity contribution in [2.75, 3.05) is 13.2 Å². The van der Waals surface area contributed by atoms with E-state index >= 15 is 0 Å². The number of rotatable bonds is 62. The van der Waals surface area contributed by atoms with Crippen LogP contribution in [-0.2, 0) is 28.6 Å². The summed E-state index contributed by atoms with van der Waals surface area (Å²) >= 11 is 0. The molecule has 464 valence electrons. The zero-order chi connectivity index (χ0) is 58.5. The molecule has 0 aliphatic rings. The molecule has 1 atom stereocenters. The molecule has 0 radical (unpaired) electrons. The highest BCUT2D eigenvalue weighted by atomic mass is 16.6. The molecule has 81 heavy (non-hydrogen) atoms. The van der Waals surface area contributed by atoms with E-state index < -0.39 is 6.10 Å². The van der Waals surface area contributed by atoms with Gasteiger partial charge >= 0.3 is 17.9 Å². The summed E-state index contributed by atoms with van der Waals surface area (Å²) in [5, 5.41) is 0. The highest BCUT2D eigenvalue weighted by Gasteiger charge is 2.19. The highest BCUT2D eigenvalue weighted by Crippen LogP contribution is 2.17. The molecule has 0 bridgehead atoms. The quantitative estimate of drug-likeness (QED) is 0.0261. The Morgan fingerprint density at radius 2 is 0.481 bits per heavy atom. The second-order valence-electron chi connectivity index (χ2n) is 22.7. The molecule has 6 nitrogen and oxygen atoms in total. The number of hydrogen-bond donors (Lipinski definition) is 0. The van der Waals surface area contributed by atoms with Crippen LogP contribution in [0.25, 0.3) is 0 Å². The molecule has 0 aliphatic carbocycles. The minimum atomic E-state index is -0.788. The van der Waals surface area contributed by atoms with Crippen molar-refractivity contribution < 1.29 is 28.6 Å². The van der Waals surface area contributed by atoms with Gasteiger partial charge in [0.25, 0.3) is 0 Å². The molecule has 0 aromatic heterocycles. The van der Waals surface area contributed by atoms with Gasteiger partial charge in [-0.1, -0.05) is 310 Å². The summed E-state index contributed by atoms with van der Waals surface area (Å²) in [7, 11) is 0. The SMILES string of the molecule is CC/C=C\C/C=C\C/C=C\C/C=C\C/C=C\C/C=C\C/C=C\CCCCCCCC(=O)OCC(COC(=O)CCCCCCCCCCCCC)OC(=O)CCCCCCCCCCCCCCC/C=C\C/C=C\CCCCCCC. The molecule has 0 aromatic carbocycles. The lowest BCUT2D eigenvalue weighted by molar-refractivity contribution is -0.167. The van der Waals surface area contributed by atoms with Gasteiger partial charge in [-0.15, -0.1) is 0 Å². The predicted octanol–water partition coefficient (Wildman–Crippen LogP) is 23.8. The van der Waals surface area contributed by atoms with Gasteiger partial charge in [0.05, 0.1) is 0 Å². The topological polar surface area (TPSA) is 78.9 Å². The van der Waals surface area contributed by atoms with Crippen LogP contribution in [0, 0.1) is 0 Å². The van der Waals surface area contributed by atoms with Crippen LogP contribution in [0.15, 0.2) is 109 Å². The number of allylic oxidation sites excluding steroid dienone is 18. The van der Waals surface area contributed by atoms with E-state index in [1.165, 1.54) is 161 Å². The molecule has 0 aliphatic heterocycles. The summed E-state index contributed by atoms with van der Waals surface area (Å²) in [6.07, 6.45) is 93.9. The van der Waals surface area contributed by atoms with Crippen molar-refractivity contribution in [2.45, 2.75) is 335 Å². The van der Waals surface area contributed by atoms with Crippen molar-refractivity contribution in [2.24, 2.45) is 0 Å². The van der Waals surface area contributed by atoms with Crippen molar-refractivity contribution >= 4 is 17.9 Å². The number of esters is 3. The highest BCUT2D eigenvalue weighted by molar-refractivity contribution is 5.71. The average Bonchev–Trinajstić information content (AvgIpc) is 3.47. The van der Waals surface area contributed by atoms with Gasteiger partial charge in [-0.05, 0) is 109 Å². The van der Waals surface area contributed by atoms with E-state index in [-0.39, 0.29) is 31.1 Å². The predicted molar refractivity (Wildman–Crippen MR) is 353 cm³/mol. The summed E-state index contributed by atoms with van der Waals surface area (Å²) in [6, 6.07) is 0. The minimum absolute atomic E-state index is 0.0824. The molecule has 0 aromatic rings. The summed E-state index contributed by atoms with van der Waals surface area (Å²) in [5.74, 6) is -0.892. The van der Waals surface area contributed by atoms with Gasteiger partial charge in [0.2, 0.25) is 0 Å². The standard InChI is InChI=1S/C75H128O6/c1-4-7-10-13-16-19-22-24-26-28-30-32-34-36-37-39-40-42-44-46-48-50-53-56-59-62-65-68-74(77)80-71-72(70-79-73(76)67-64-61-58-55-52-21-18-15-12-9-6-3)81-75(78)69-66-63-60-57-54-51-49-47-45-43-41-38-35-33-31-29-27-25-23-20-17-14-11-8-5-2/h7,10,16,19,23-26,29-32,36-37,40,42,46,48,72H,4-6,8-9,11-15,17-18,20-22,27-28,33-35,38-39,41,43-45,47,49-71H2,1-3H3/b10-7-,19-16-,25-23-,26-24-,31-29-,32-30-,37-36-,42-40-,48-46-. The first-order valence-corrected chi connectivity index (χ1v) is 34.4. The number of ether oxygens (including phenoxy) is 3. The van der Waals surface area contributed by atoms with Crippen LogP contribution in [0.3, 0.4) is 0 Å². The third-order valence-electron chi connectivity index (χ3n) is 14.8. The molecule has 0 saturated carbocycles. The first-order chi connectivity index (χ1) is 40.0. The van der Waals surface area contributed by atoms with Crippen molar-refractivity contribution in [3.8, 4) is 0 Å². The van der Waals surface area contributed by atoms with Gasteiger partial charge in [0, 0.05) is 19.3 Å². The van der Waals surface area contributed by atoms with Gasteiger partial charge < -0.3 is 14.2 Å². The van der Waals surface area contributed by atoms with Gasteiger partial charge in [-0.3, -0.25) is 14.4 Å². The molecule has 0 N–H and O–H groups in total. The van der Waals surface area contributed by atoms with Crippen LogP contribution in [0.5, 0.6) is 0 Å². The summed E-state index contributed by atoms with van der Waals surface area (Å²) in [6.45, 7) is 6.52. The summed E-state index contributed by atoms with van der Waals surface area (Å²) in [5.41, 5.74) is 0. The van der Waals surface area contributed by atoms with E-state index in [2.05, 4.69) is 130 Å². The van der Waals surface area contributed by atoms with Gasteiger partial charge in [0.1, 0.15) is 13.2 Å². The third-order valence-corrected chi connectivity index (χ3v) is 14.8. The van der Waals surface area contributed by atoms with Crippen LogP contribution >= 0.6 is 0 Å². The number of unbranched alkanes of at least 4 members (excludes halogenated alkanes) is 33. The Morgan fingerprint density at radius 3 is 0.753 bits per heavy atom. The van der Waals surface area contributed by atoms with E-state index in [9.17, 15) is 14.4 Å². The van der Waals surface area contributed by atoms with Crippen LogP contribution < -0.4 is 0 Å². The lowest BCUT2D eigenvalue weighted by atomic mass is 10.0. The zero-order valence-electron chi connectivity index (χ0n) is 53.3. The maximum Gasteiger partial charge on any atom is 0.306 e. The lowest BCUT2D eigenvalue weighted by Crippen LogP contribution is -2.30. The third kappa shape index (κ3) is 66.8. The molecule has 0 fully saturated rings. The van der Waals surface area contributed by atoms with Crippen LogP contribution in [0.1, 0.15) is 329 Å². The Hall–Kier alpha value is -3.93. The second-order valence-corrected chi connectivity index (χ2v) is 22.7. The Labute approximate surface area is 501 Å². The molecule has 0 spiro atoms. The van der Waals surface area contributed by atoms with Crippen molar-refractivity contribution in [1.29, 1.82) is 0 Å². The molecule has 1 unspecified atom stereocenters. The average molecular weight is 1130 g/mol. The molecule has 0 heterocycles. The number of hydrogen-bond acceptors (Lipinski definition) is 6. The summed E-state index contributed by atoms with van der Waals surface area (Å²) < 4.78 is 16.9. The monoisotopic (exact) mass is 1120 g/mol. The number of carbonyl (C=O) groups is 3. The van der Waals surface area contributed by atoms with Gasteiger partial charge in [-0.25, -0.2) is 0 Å². The molecule has 0 saturated heterocycles. The van der Waals surface area contributed by atoms with Crippen molar-refractivity contribution in [1.82, 2.24) is 0 Å². The van der Waals surface area contributed by atoms with E-state index in [1.807, 2.05) is 0 Å². The van der Waals surface area contributed by atoms with Crippen molar-refractivity contribution in [3.05, 3.63) is 109 Å². The molecule has 6 heteroatoms. The Morgan fingerprint density at radius 1 is 0.259 bits per heavy atom. The zero-order valence-corrected chi connectivity index (χ0v) is 53.3. The molecular weight excluding hydrogens is 997 g/mol. The Balaban J connectivity index is 4.30. The van der Waals surface area contributed by atoms with Gasteiger partial charge in [0.15, 0.2) is 6.10 Å². The smallest absolute Gasteiger partial charge is 0.306 e. The Kier molecular flexibility index (Phi) is 65.2. The van der Waals surface area contributed by atoms with Crippen LogP contribution in [-0.4, -0.2) is 37.2 Å². The van der Waals surface area contributed by atoms with E-state index in [4.69, 9.17) is 14.2 Å². The first kappa shape index (κ1) is 77.1. The minimum Gasteiger partial charge on any atom is -0.462 e. The fourth-order valence-electron chi connectivity index (χ4n) is 9.63. The van der Waals surface area contributed by atoms with Crippen molar-refractivity contribution in [3.63, 3.8) is 0 Å². The first-order valence-electron chi connectivity index (χ1n) is 34.4. The molecular formula is C75H128O6. The summed E-state index contributed by atoms with van der Waals surface area (Å²) in [4.78, 5) is 38.4. The van der Waals surface area contributed by atoms with Crippen LogP contribution in [0.4, 0.5) is 0 Å². The largest absolute Gasteiger partial charge is 0.462 e. The Bertz CT molecular complexity index is 1620. The fourth-order valence-corrected chi connectivity index (χ4v) is 9.63. The molecule has 0 rings (SSSR count). The number of carbonyl (C=O) groups excluding carboxylic acids is 3. The van der Waals surface area contributed by atoms with Gasteiger partial charge in [-0.2, -0.15) is 0 Å². The lowest BCUT2D eigenvalue weighted by Gasteiger charge is -2.18. The van der Waals surface area contributed by atoms with Crippen LogP contribution in [0.2, 0.25) is 0 Å². The maximum absolute atomic E-state index is 12.9. The fraction of sp³-hybridized carbons (Fsp3) is 0.720. The van der Waals surface area contributed by atoms with E-state index in [0.717, 1.165) is 128 Å². The molecule has 0 amide bonds. The maximum atomic E-state index is 12.9. The second kappa shape index (κ2) is 68.6. The normalized spacial score (nSPS) is 12.8. The van der Waals surface area contributed by atoms with E-state index in [1.54, 1.807) is 0 Å².